The zero-order valence-electron chi connectivity index (χ0n) is 15.7. The van der Waals surface area contributed by atoms with E-state index < -0.39 is 0 Å². The molecule has 3 aromatic rings. The lowest BCUT2D eigenvalue weighted by molar-refractivity contribution is 0.223. The van der Waals surface area contributed by atoms with E-state index in [0.717, 1.165) is 42.0 Å². The first-order chi connectivity index (χ1) is 13.3. The monoisotopic (exact) mass is 363 g/mol. The molecule has 2 aromatic heterocycles. The first-order valence-corrected chi connectivity index (χ1v) is 9.84. The summed E-state index contributed by atoms with van der Waals surface area (Å²) in [5.74, 6) is 0.670. The summed E-state index contributed by atoms with van der Waals surface area (Å²) in [7, 11) is 0. The Kier molecular flexibility index (Phi) is 4.20. The predicted molar refractivity (Wildman–Crippen MR) is 106 cm³/mol. The van der Waals surface area contributed by atoms with Crippen LogP contribution in [-0.4, -0.2) is 51.8 Å². The molecule has 0 saturated carbocycles. The summed E-state index contributed by atoms with van der Waals surface area (Å²) in [5, 5.41) is 8.14. The molecule has 2 aliphatic heterocycles. The number of benzene rings is 1. The summed E-state index contributed by atoms with van der Waals surface area (Å²) >= 11 is 0. The number of ether oxygens (including phenoxy) is 1. The van der Waals surface area contributed by atoms with E-state index >= 15 is 0 Å². The maximum Gasteiger partial charge on any atom is 0.216 e. The highest BCUT2D eigenvalue weighted by molar-refractivity contribution is 5.81. The molecule has 6 heteroatoms. The van der Waals surface area contributed by atoms with Crippen LogP contribution in [0.15, 0.2) is 36.7 Å². The van der Waals surface area contributed by atoms with Crippen LogP contribution in [-0.2, 0) is 0 Å². The number of nitrogens with zero attached hydrogens (tertiary/aromatic N) is 4. The van der Waals surface area contributed by atoms with Crippen LogP contribution in [0, 0.1) is 6.92 Å². The minimum atomic E-state index is 0.599. The fraction of sp³-hybridized carbons (Fsp3) is 0.429. The number of rotatable bonds is 0. The molecule has 0 unspecified atom stereocenters. The van der Waals surface area contributed by atoms with Crippen LogP contribution >= 0.6 is 0 Å². The number of aryl methyl sites for hydroxylation is 1. The van der Waals surface area contributed by atoms with Gasteiger partial charge in [0.25, 0.3) is 0 Å². The second kappa shape index (κ2) is 6.85. The summed E-state index contributed by atoms with van der Waals surface area (Å²) in [4.78, 5) is 7.33. The van der Waals surface area contributed by atoms with E-state index in [2.05, 4.69) is 40.4 Å². The van der Waals surface area contributed by atoms with Crippen molar-refractivity contribution in [3.63, 3.8) is 0 Å². The highest BCUT2D eigenvalue weighted by Gasteiger charge is 2.24. The number of hydrogen-bond acceptors (Lipinski definition) is 5. The van der Waals surface area contributed by atoms with Gasteiger partial charge >= 0.3 is 0 Å². The molecule has 1 atom stereocenters. The molecule has 0 spiro atoms. The maximum absolute atomic E-state index is 5.95. The third-order valence-corrected chi connectivity index (χ3v) is 5.75. The third-order valence-electron chi connectivity index (χ3n) is 5.75. The normalized spacial score (nSPS) is 20.6. The fourth-order valence-corrected chi connectivity index (χ4v) is 4.25. The lowest BCUT2D eigenvalue weighted by Gasteiger charge is -2.25. The maximum atomic E-state index is 5.95. The Bertz CT molecular complexity index is 966. The smallest absolute Gasteiger partial charge is 0.216 e. The van der Waals surface area contributed by atoms with Crippen molar-refractivity contribution in [2.24, 2.45) is 0 Å². The molecule has 0 radical (unpaired) electrons. The Labute approximate surface area is 159 Å². The van der Waals surface area contributed by atoms with Crippen molar-refractivity contribution in [2.45, 2.75) is 32.2 Å². The van der Waals surface area contributed by atoms with Crippen molar-refractivity contribution >= 4 is 11.3 Å². The summed E-state index contributed by atoms with van der Waals surface area (Å²) in [5.41, 5.74) is 5.42. The van der Waals surface area contributed by atoms with Gasteiger partial charge in [-0.15, -0.1) is 0 Å². The molecule has 6 nitrogen and oxygen atoms in total. The van der Waals surface area contributed by atoms with E-state index in [-0.39, 0.29) is 0 Å². The molecule has 0 amide bonds. The number of nitrogens with one attached hydrogen (secondary N) is 1. The summed E-state index contributed by atoms with van der Waals surface area (Å²) in [6.07, 6.45) is 7.38. The topological polar surface area (TPSA) is 54.7 Å². The van der Waals surface area contributed by atoms with Gasteiger partial charge in [0.15, 0.2) is 5.65 Å². The Balaban J connectivity index is 1.58. The molecule has 5 rings (SSSR count). The van der Waals surface area contributed by atoms with Gasteiger partial charge in [-0.3, -0.25) is 4.90 Å². The lowest BCUT2D eigenvalue weighted by Crippen LogP contribution is -2.36. The number of fused-ring (bicyclic) bond motifs is 5. The van der Waals surface area contributed by atoms with Gasteiger partial charge in [0, 0.05) is 42.6 Å². The number of hydrogen-bond donors (Lipinski definition) is 1. The summed E-state index contributed by atoms with van der Waals surface area (Å²) in [6, 6.07) is 9.06. The summed E-state index contributed by atoms with van der Waals surface area (Å²) in [6.45, 7) is 6.07. The van der Waals surface area contributed by atoms with E-state index in [1.165, 1.54) is 24.9 Å². The van der Waals surface area contributed by atoms with Gasteiger partial charge in [-0.1, -0.05) is 6.07 Å². The minimum Gasteiger partial charge on any atom is -0.478 e. The number of aromatic nitrogens is 3. The van der Waals surface area contributed by atoms with Gasteiger partial charge in [0.2, 0.25) is 5.88 Å². The van der Waals surface area contributed by atoms with Crippen molar-refractivity contribution in [1.82, 2.24) is 19.5 Å². The molecule has 1 saturated heterocycles. The Morgan fingerprint density at radius 3 is 3.04 bits per heavy atom. The quantitative estimate of drug-likeness (QED) is 0.664. The number of anilines is 1. The molecule has 1 fully saturated rings. The Hall–Kier alpha value is -2.60. The van der Waals surface area contributed by atoms with Crippen molar-refractivity contribution in [3.05, 3.63) is 42.2 Å². The van der Waals surface area contributed by atoms with E-state index in [0.29, 0.717) is 18.5 Å². The Morgan fingerprint density at radius 1 is 1.15 bits per heavy atom. The first-order valence-electron chi connectivity index (χ1n) is 9.84. The van der Waals surface area contributed by atoms with Gasteiger partial charge in [-0.2, -0.15) is 10.1 Å². The third kappa shape index (κ3) is 3.14. The average Bonchev–Trinajstić information content (AvgIpc) is 3.30. The molecule has 1 aromatic carbocycles. The van der Waals surface area contributed by atoms with Crippen molar-refractivity contribution in [3.8, 4) is 17.0 Å². The molecule has 0 aliphatic carbocycles. The van der Waals surface area contributed by atoms with Crippen molar-refractivity contribution in [2.75, 3.05) is 31.6 Å². The molecule has 140 valence electrons. The SMILES string of the molecule is Cc1ccc2cc1-c1cnn3ccc(nc13)OCCCN1CCC[C@H]1CN2. The van der Waals surface area contributed by atoms with Crippen molar-refractivity contribution in [1.29, 1.82) is 0 Å². The summed E-state index contributed by atoms with van der Waals surface area (Å²) < 4.78 is 7.77. The lowest BCUT2D eigenvalue weighted by atomic mass is 10.0. The zero-order chi connectivity index (χ0) is 18.2. The van der Waals surface area contributed by atoms with Gasteiger partial charge in [0.1, 0.15) is 0 Å². The van der Waals surface area contributed by atoms with Crippen LogP contribution in [0.3, 0.4) is 0 Å². The Morgan fingerprint density at radius 2 is 2.07 bits per heavy atom. The molecule has 4 bridgehead atoms. The minimum absolute atomic E-state index is 0.599. The zero-order valence-corrected chi connectivity index (χ0v) is 15.7. The average molecular weight is 363 g/mol. The second-order valence-corrected chi connectivity index (χ2v) is 7.54. The first kappa shape index (κ1) is 16.6. The standard InChI is InChI=1S/C21H25N5O/c1-15-5-6-16-12-18(15)19-14-23-26-10-7-20(24-21(19)26)27-11-3-9-25-8-2-4-17(25)13-22-16/h5-7,10,12,14,17,22H,2-4,8-9,11,13H2,1H3/t17-/m0/s1. The van der Waals surface area contributed by atoms with Crippen LogP contribution in [0.2, 0.25) is 0 Å². The van der Waals surface area contributed by atoms with E-state index in [1.807, 2.05) is 23.0 Å². The van der Waals surface area contributed by atoms with Gasteiger partial charge in [-0.25, -0.2) is 4.52 Å². The largest absolute Gasteiger partial charge is 0.478 e. The molecular weight excluding hydrogens is 338 g/mol. The second-order valence-electron chi connectivity index (χ2n) is 7.54. The van der Waals surface area contributed by atoms with E-state index in [9.17, 15) is 0 Å². The van der Waals surface area contributed by atoms with Crippen LogP contribution in [0.1, 0.15) is 24.8 Å². The molecule has 27 heavy (non-hydrogen) atoms. The van der Waals surface area contributed by atoms with Crippen molar-refractivity contribution < 1.29 is 4.74 Å². The van der Waals surface area contributed by atoms with Gasteiger partial charge < -0.3 is 10.1 Å². The van der Waals surface area contributed by atoms with E-state index in [1.54, 1.807) is 0 Å². The highest BCUT2D eigenvalue weighted by Crippen LogP contribution is 2.30. The molecule has 2 aliphatic rings. The van der Waals surface area contributed by atoms with Crippen LogP contribution in [0.25, 0.3) is 16.8 Å². The molecule has 1 N–H and O–H groups in total. The molecular formula is C21H25N5O. The fourth-order valence-electron chi connectivity index (χ4n) is 4.25. The van der Waals surface area contributed by atoms with Gasteiger partial charge in [-0.05, 0) is 56.0 Å². The highest BCUT2D eigenvalue weighted by atomic mass is 16.5. The van der Waals surface area contributed by atoms with Crippen LogP contribution < -0.4 is 10.1 Å². The predicted octanol–water partition coefficient (Wildman–Crippen LogP) is 3.36. The van der Waals surface area contributed by atoms with Gasteiger partial charge in [0.05, 0.1) is 12.8 Å². The van der Waals surface area contributed by atoms with Crippen LogP contribution in [0.5, 0.6) is 5.88 Å². The van der Waals surface area contributed by atoms with E-state index in [4.69, 9.17) is 9.72 Å². The molecule has 4 heterocycles. The van der Waals surface area contributed by atoms with Crippen LogP contribution in [0.4, 0.5) is 5.69 Å².